The Labute approximate surface area is 156 Å². The zero-order valence-electron chi connectivity index (χ0n) is 16.2. The summed E-state index contributed by atoms with van der Waals surface area (Å²) in [6.07, 6.45) is 0. The fourth-order valence-electron chi connectivity index (χ4n) is 3.69. The van der Waals surface area contributed by atoms with Gasteiger partial charge in [0.15, 0.2) is 5.96 Å². The van der Waals surface area contributed by atoms with Crippen LogP contribution in [0.2, 0.25) is 0 Å². The highest BCUT2D eigenvalue weighted by Gasteiger charge is 2.24. The fraction of sp³-hybridized carbons (Fsp3) is 0.632. The quantitative estimate of drug-likeness (QED) is 0.635. The normalized spacial score (nSPS) is 23.4. The number of halogens is 1. The molecule has 2 aliphatic heterocycles. The summed E-state index contributed by atoms with van der Waals surface area (Å²) in [5, 5.41) is 3.56. The van der Waals surface area contributed by atoms with Crippen molar-refractivity contribution < 1.29 is 4.39 Å². The van der Waals surface area contributed by atoms with Crippen LogP contribution in [0.25, 0.3) is 0 Å². The molecule has 2 fully saturated rings. The van der Waals surface area contributed by atoms with Gasteiger partial charge in [-0.05, 0) is 38.4 Å². The number of benzene rings is 1. The lowest BCUT2D eigenvalue weighted by Gasteiger charge is -2.40. The van der Waals surface area contributed by atoms with E-state index >= 15 is 0 Å². The van der Waals surface area contributed by atoms with E-state index in [9.17, 15) is 4.39 Å². The highest BCUT2D eigenvalue weighted by atomic mass is 19.1. The minimum absolute atomic E-state index is 0.185. The molecule has 0 bridgehead atoms. The second-order valence-electron chi connectivity index (χ2n) is 7.28. The molecular formula is C19H31FN6. The minimum Gasteiger partial charge on any atom is -0.368 e. The van der Waals surface area contributed by atoms with Crippen LogP contribution in [0.3, 0.4) is 0 Å². The van der Waals surface area contributed by atoms with E-state index in [1.807, 2.05) is 19.2 Å². The van der Waals surface area contributed by atoms with E-state index in [0.29, 0.717) is 6.04 Å². The zero-order valence-corrected chi connectivity index (χ0v) is 16.2. The third kappa shape index (κ3) is 4.65. The molecule has 2 aliphatic rings. The van der Waals surface area contributed by atoms with Crippen LogP contribution < -0.4 is 10.2 Å². The van der Waals surface area contributed by atoms with E-state index in [0.717, 1.165) is 64.0 Å². The smallest absolute Gasteiger partial charge is 0.193 e. The summed E-state index contributed by atoms with van der Waals surface area (Å²) in [4.78, 5) is 13.9. The monoisotopic (exact) mass is 362 g/mol. The molecule has 144 valence electrons. The lowest BCUT2D eigenvalue weighted by molar-refractivity contribution is 0.116. The predicted octanol–water partition coefficient (Wildman–Crippen LogP) is 0.769. The van der Waals surface area contributed by atoms with Gasteiger partial charge in [-0.25, -0.2) is 4.39 Å². The van der Waals surface area contributed by atoms with Crippen LogP contribution in [-0.2, 0) is 0 Å². The number of anilines is 1. The van der Waals surface area contributed by atoms with Gasteiger partial charge in [-0.15, -0.1) is 0 Å². The van der Waals surface area contributed by atoms with Crippen LogP contribution >= 0.6 is 0 Å². The number of hydrogen-bond donors (Lipinski definition) is 1. The van der Waals surface area contributed by atoms with Crippen molar-refractivity contribution in [1.82, 2.24) is 20.0 Å². The van der Waals surface area contributed by atoms with E-state index in [1.54, 1.807) is 0 Å². The van der Waals surface area contributed by atoms with Gasteiger partial charge in [0.2, 0.25) is 0 Å². The Morgan fingerprint density at radius 2 is 1.77 bits per heavy atom. The van der Waals surface area contributed by atoms with Crippen LogP contribution in [0.4, 0.5) is 10.1 Å². The van der Waals surface area contributed by atoms with Crippen LogP contribution in [0.1, 0.15) is 0 Å². The standard InChI is InChI=1S/C19H31FN6/c1-21-19(22-14-18-15-23(2)8-9-24(18)3)26-12-10-25(11-13-26)17-6-4-16(20)5-7-17/h4-7,18H,8-15H2,1-3H3,(H,21,22). The third-order valence-corrected chi connectivity index (χ3v) is 5.46. The van der Waals surface area contributed by atoms with Crippen molar-refractivity contribution in [3.63, 3.8) is 0 Å². The molecule has 1 atom stereocenters. The van der Waals surface area contributed by atoms with Crippen molar-refractivity contribution in [1.29, 1.82) is 0 Å². The third-order valence-electron chi connectivity index (χ3n) is 5.46. The summed E-state index contributed by atoms with van der Waals surface area (Å²) < 4.78 is 13.1. The van der Waals surface area contributed by atoms with Crippen LogP contribution in [0.5, 0.6) is 0 Å². The first-order chi connectivity index (χ1) is 12.6. The summed E-state index contributed by atoms with van der Waals surface area (Å²) in [6, 6.07) is 7.27. The van der Waals surface area contributed by atoms with Crippen LogP contribution in [0.15, 0.2) is 29.3 Å². The number of likely N-dealkylation sites (N-methyl/N-ethyl adjacent to an activating group) is 2. The molecule has 2 saturated heterocycles. The average Bonchev–Trinajstić information content (AvgIpc) is 2.66. The highest BCUT2D eigenvalue weighted by Crippen LogP contribution is 2.17. The fourth-order valence-corrected chi connectivity index (χ4v) is 3.69. The summed E-state index contributed by atoms with van der Waals surface area (Å²) in [6.45, 7) is 7.89. The SMILES string of the molecule is CN=C(NCC1CN(C)CCN1C)N1CCN(c2ccc(F)cc2)CC1. The second kappa shape index (κ2) is 8.68. The van der Waals surface area contributed by atoms with E-state index in [-0.39, 0.29) is 5.82 Å². The minimum atomic E-state index is -0.185. The number of rotatable bonds is 3. The topological polar surface area (TPSA) is 37.4 Å². The maximum atomic E-state index is 13.1. The Bertz CT molecular complexity index is 597. The Hall–Kier alpha value is -1.86. The molecule has 0 aliphatic carbocycles. The molecule has 1 aromatic rings. The lowest BCUT2D eigenvalue weighted by Crippen LogP contribution is -2.57. The molecule has 0 spiro atoms. The Kier molecular flexibility index (Phi) is 6.32. The summed E-state index contributed by atoms with van der Waals surface area (Å²) in [7, 11) is 6.23. The molecule has 1 N–H and O–H groups in total. The van der Waals surface area contributed by atoms with Gasteiger partial charge < -0.3 is 20.0 Å². The van der Waals surface area contributed by atoms with Crippen molar-refractivity contribution >= 4 is 11.6 Å². The van der Waals surface area contributed by atoms with Crippen LogP contribution in [0, 0.1) is 5.82 Å². The number of hydrogen-bond acceptors (Lipinski definition) is 4. The van der Waals surface area contributed by atoms with Gasteiger partial charge >= 0.3 is 0 Å². The maximum Gasteiger partial charge on any atom is 0.193 e. The van der Waals surface area contributed by atoms with Gasteiger partial charge in [0.25, 0.3) is 0 Å². The van der Waals surface area contributed by atoms with Gasteiger partial charge in [0.05, 0.1) is 0 Å². The van der Waals surface area contributed by atoms with E-state index in [1.165, 1.54) is 12.1 Å². The second-order valence-corrected chi connectivity index (χ2v) is 7.28. The Balaban J connectivity index is 1.50. The Morgan fingerprint density at radius 1 is 1.08 bits per heavy atom. The number of nitrogens with zero attached hydrogens (tertiary/aromatic N) is 5. The largest absolute Gasteiger partial charge is 0.368 e. The number of nitrogens with one attached hydrogen (secondary N) is 1. The van der Waals surface area contributed by atoms with Crippen molar-refractivity contribution in [3.8, 4) is 0 Å². The van der Waals surface area contributed by atoms with Crippen LogP contribution in [-0.4, -0.2) is 100 Å². The first-order valence-electron chi connectivity index (χ1n) is 9.41. The van der Waals surface area contributed by atoms with E-state index in [4.69, 9.17) is 0 Å². The number of piperazine rings is 2. The molecule has 0 saturated carbocycles. The van der Waals surface area contributed by atoms with Crippen molar-refractivity contribution in [3.05, 3.63) is 30.1 Å². The molecule has 7 heteroatoms. The van der Waals surface area contributed by atoms with Gasteiger partial charge in [-0.2, -0.15) is 0 Å². The van der Waals surface area contributed by atoms with Crippen molar-refractivity contribution in [2.45, 2.75) is 6.04 Å². The predicted molar refractivity (Wildman–Crippen MR) is 105 cm³/mol. The molecule has 0 radical (unpaired) electrons. The Morgan fingerprint density at radius 3 is 2.42 bits per heavy atom. The van der Waals surface area contributed by atoms with E-state index in [2.05, 4.69) is 44.0 Å². The van der Waals surface area contributed by atoms with Gasteiger partial charge in [0, 0.05) is 71.1 Å². The van der Waals surface area contributed by atoms with Gasteiger partial charge in [-0.3, -0.25) is 9.89 Å². The molecule has 0 aromatic heterocycles. The molecule has 2 heterocycles. The summed E-state index contributed by atoms with van der Waals surface area (Å²) in [5.74, 6) is 0.792. The highest BCUT2D eigenvalue weighted by molar-refractivity contribution is 5.80. The summed E-state index contributed by atoms with van der Waals surface area (Å²) in [5.41, 5.74) is 1.08. The van der Waals surface area contributed by atoms with Gasteiger partial charge in [0.1, 0.15) is 5.82 Å². The molecule has 1 unspecified atom stereocenters. The van der Waals surface area contributed by atoms with E-state index < -0.39 is 0 Å². The number of aliphatic imine (C=N–C) groups is 1. The maximum absolute atomic E-state index is 13.1. The molecule has 3 rings (SSSR count). The zero-order chi connectivity index (χ0) is 18.5. The lowest BCUT2D eigenvalue weighted by atomic mass is 10.2. The molecule has 6 nitrogen and oxygen atoms in total. The summed E-state index contributed by atoms with van der Waals surface area (Å²) >= 11 is 0. The molecular weight excluding hydrogens is 331 g/mol. The average molecular weight is 362 g/mol. The van der Waals surface area contributed by atoms with Gasteiger partial charge in [-0.1, -0.05) is 0 Å². The number of guanidine groups is 1. The molecule has 0 amide bonds. The first kappa shape index (κ1) is 18.9. The van der Waals surface area contributed by atoms with Crippen molar-refractivity contribution in [2.75, 3.05) is 78.4 Å². The molecule has 1 aromatic carbocycles. The molecule has 26 heavy (non-hydrogen) atoms. The van der Waals surface area contributed by atoms with Crippen molar-refractivity contribution in [2.24, 2.45) is 4.99 Å². The first-order valence-corrected chi connectivity index (χ1v) is 9.41.